The number of halogens is 1. The summed E-state index contributed by atoms with van der Waals surface area (Å²) in [5.41, 5.74) is 0.720. The molecule has 1 aliphatic rings. The summed E-state index contributed by atoms with van der Waals surface area (Å²) in [6.07, 6.45) is 1.82. The van der Waals surface area contributed by atoms with Gasteiger partial charge in [-0.3, -0.25) is 4.79 Å². The Hall–Kier alpha value is -2.61. The van der Waals surface area contributed by atoms with Gasteiger partial charge in [0.05, 0.1) is 7.11 Å². The molecule has 1 aliphatic carbocycles. The van der Waals surface area contributed by atoms with E-state index in [9.17, 15) is 17.6 Å². The summed E-state index contributed by atoms with van der Waals surface area (Å²) in [4.78, 5) is 14.2. The van der Waals surface area contributed by atoms with Crippen LogP contribution in [0.1, 0.15) is 32.3 Å². The highest BCUT2D eigenvalue weighted by atomic mass is 32.2. The van der Waals surface area contributed by atoms with Crippen LogP contribution in [0, 0.1) is 11.7 Å². The molecular weight excluding hydrogens is 397 g/mol. The van der Waals surface area contributed by atoms with Crippen molar-refractivity contribution >= 4 is 16.0 Å². The number of ether oxygens (including phenoxy) is 1. The zero-order chi connectivity index (χ0) is 21.2. The van der Waals surface area contributed by atoms with Crippen molar-refractivity contribution in [3.05, 3.63) is 53.8 Å². The van der Waals surface area contributed by atoms with Crippen molar-refractivity contribution in [3.8, 4) is 11.5 Å². The van der Waals surface area contributed by atoms with E-state index >= 15 is 0 Å². The van der Waals surface area contributed by atoms with Gasteiger partial charge in [-0.1, -0.05) is 6.07 Å². The topological polar surface area (TPSA) is 72.9 Å². The van der Waals surface area contributed by atoms with Crippen molar-refractivity contribution in [1.82, 2.24) is 4.90 Å². The van der Waals surface area contributed by atoms with E-state index in [1.54, 1.807) is 23.1 Å². The van der Waals surface area contributed by atoms with Gasteiger partial charge in [0.15, 0.2) is 11.5 Å². The van der Waals surface area contributed by atoms with E-state index in [1.165, 1.54) is 7.11 Å². The van der Waals surface area contributed by atoms with Gasteiger partial charge in [-0.25, -0.2) is 4.39 Å². The molecule has 0 unspecified atom stereocenters. The van der Waals surface area contributed by atoms with Crippen molar-refractivity contribution in [2.75, 3.05) is 7.11 Å². The molecule has 8 heteroatoms. The monoisotopic (exact) mass is 421 g/mol. The zero-order valence-corrected chi connectivity index (χ0v) is 17.4. The van der Waals surface area contributed by atoms with Gasteiger partial charge >= 0.3 is 10.1 Å². The molecule has 3 rings (SSSR count). The Labute approximate surface area is 170 Å². The number of benzene rings is 2. The molecule has 0 saturated heterocycles. The minimum atomic E-state index is -4.17. The van der Waals surface area contributed by atoms with E-state index in [4.69, 9.17) is 8.92 Å². The summed E-state index contributed by atoms with van der Waals surface area (Å²) in [5, 5.41) is 0. The van der Waals surface area contributed by atoms with Crippen LogP contribution in [-0.2, 0) is 21.5 Å². The molecule has 0 heterocycles. The molecule has 0 aromatic heterocycles. The van der Waals surface area contributed by atoms with Crippen LogP contribution in [0.25, 0.3) is 0 Å². The Kier molecular flexibility index (Phi) is 6.12. The molecular formula is C21H24FNO5S. The molecule has 1 saturated carbocycles. The van der Waals surface area contributed by atoms with Crippen LogP contribution >= 0.6 is 0 Å². The maximum atomic E-state index is 13.1. The first-order valence-electron chi connectivity index (χ1n) is 9.38. The Morgan fingerprint density at radius 1 is 1.14 bits per heavy atom. The van der Waals surface area contributed by atoms with Crippen LogP contribution in [-0.4, -0.2) is 32.4 Å². The molecule has 2 aromatic rings. The Morgan fingerprint density at radius 3 is 2.34 bits per heavy atom. The number of methoxy groups -OCH3 is 1. The highest BCUT2D eigenvalue weighted by molar-refractivity contribution is 7.87. The minimum absolute atomic E-state index is 0.0110. The van der Waals surface area contributed by atoms with Gasteiger partial charge < -0.3 is 13.8 Å². The molecule has 0 atom stereocenters. The third-order valence-electron chi connectivity index (χ3n) is 4.72. The summed E-state index contributed by atoms with van der Waals surface area (Å²) >= 11 is 0. The maximum Gasteiger partial charge on any atom is 0.339 e. The second-order valence-corrected chi connectivity index (χ2v) is 8.86. The standard InChI is InChI=1S/C21H24FNO5S/c1-14(2)23(21(24)16-5-6-16)13-15-4-11-19(27-3)20(12-15)28-29(25,26)18-9-7-17(22)8-10-18/h4,7-12,14,16H,5-6,13H2,1-3H3. The number of carbonyl (C=O) groups is 1. The Morgan fingerprint density at radius 2 is 1.79 bits per heavy atom. The summed E-state index contributed by atoms with van der Waals surface area (Å²) < 4.78 is 48.7. The predicted molar refractivity (Wildman–Crippen MR) is 106 cm³/mol. The van der Waals surface area contributed by atoms with Gasteiger partial charge in [-0.15, -0.1) is 0 Å². The van der Waals surface area contributed by atoms with Gasteiger partial charge in [-0.05, 0) is 68.7 Å². The number of nitrogens with zero attached hydrogens (tertiary/aromatic N) is 1. The number of rotatable bonds is 8. The average molecular weight is 421 g/mol. The summed E-state index contributed by atoms with van der Waals surface area (Å²) in [6, 6.07) is 9.30. The van der Waals surface area contributed by atoms with Crippen molar-refractivity contribution in [3.63, 3.8) is 0 Å². The first-order chi connectivity index (χ1) is 13.7. The lowest BCUT2D eigenvalue weighted by molar-refractivity contribution is -0.134. The van der Waals surface area contributed by atoms with E-state index in [2.05, 4.69) is 0 Å². The molecule has 0 spiro atoms. The third kappa shape index (κ3) is 5.06. The van der Waals surface area contributed by atoms with Crippen molar-refractivity contribution in [1.29, 1.82) is 0 Å². The molecule has 1 amide bonds. The third-order valence-corrected chi connectivity index (χ3v) is 5.96. The van der Waals surface area contributed by atoms with Crippen molar-refractivity contribution in [2.45, 2.75) is 44.2 Å². The molecule has 156 valence electrons. The fourth-order valence-electron chi connectivity index (χ4n) is 2.93. The average Bonchev–Trinajstić information content (AvgIpc) is 3.51. The summed E-state index contributed by atoms with van der Waals surface area (Å²) in [5.74, 6) is -0.0963. The molecule has 0 aliphatic heterocycles. The quantitative estimate of drug-likeness (QED) is 0.607. The van der Waals surface area contributed by atoms with Crippen LogP contribution in [0.3, 0.4) is 0 Å². The maximum absolute atomic E-state index is 13.1. The Bertz CT molecular complexity index is 985. The number of amides is 1. The van der Waals surface area contributed by atoms with Gasteiger partial charge in [0.2, 0.25) is 5.91 Å². The first kappa shape index (κ1) is 21.1. The smallest absolute Gasteiger partial charge is 0.339 e. The molecule has 1 fully saturated rings. The lowest BCUT2D eigenvalue weighted by Crippen LogP contribution is -2.37. The molecule has 0 N–H and O–H groups in total. The molecule has 2 aromatic carbocycles. The van der Waals surface area contributed by atoms with Gasteiger partial charge in [-0.2, -0.15) is 8.42 Å². The van der Waals surface area contributed by atoms with Crippen LogP contribution in [0.2, 0.25) is 0 Å². The van der Waals surface area contributed by atoms with Crippen LogP contribution in [0.4, 0.5) is 4.39 Å². The fraction of sp³-hybridized carbons (Fsp3) is 0.381. The van der Waals surface area contributed by atoms with Crippen LogP contribution in [0.15, 0.2) is 47.4 Å². The van der Waals surface area contributed by atoms with E-state index in [0.29, 0.717) is 6.54 Å². The molecule has 6 nitrogen and oxygen atoms in total. The Balaban J connectivity index is 1.86. The second kappa shape index (κ2) is 8.41. The molecule has 0 radical (unpaired) electrons. The highest BCUT2D eigenvalue weighted by Gasteiger charge is 2.34. The van der Waals surface area contributed by atoms with Crippen LogP contribution in [0.5, 0.6) is 11.5 Å². The summed E-state index contributed by atoms with van der Waals surface area (Å²) in [6.45, 7) is 4.23. The summed E-state index contributed by atoms with van der Waals surface area (Å²) in [7, 11) is -2.77. The van der Waals surface area contributed by atoms with E-state index in [-0.39, 0.29) is 34.3 Å². The van der Waals surface area contributed by atoms with Gasteiger partial charge in [0, 0.05) is 18.5 Å². The zero-order valence-electron chi connectivity index (χ0n) is 16.6. The normalized spacial score (nSPS) is 14.0. The van der Waals surface area contributed by atoms with E-state index in [1.807, 2.05) is 13.8 Å². The first-order valence-corrected chi connectivity index (χ1v) is 10.8. The second-order valence-electron chi connectivity index (χ2n) is 7.31. The molecule has 0 bridgehead atoms. The minimum Gasteiger partial charge on any atom is -0.493 e. The number of hydrogen-bond acceptors (Lipinski definition) is 5. The van der Waals surface area contributed by atoms with Crippen molar-refractivity contribution < 1.29 is 26.5 Å². The predicted octanol–water partition coefficient (Wildman–Crippen LogP) is 3.75. The number of hydrogen-bond donors (Lipinski definition) is 0. The molecule has 29 heavy (non-hydrogen) atoms. The van der Waals surface area contributed by atoms with Crippen molar-refractivity contribution in [2.24, 2.45) is 5.92 Å². The lowest BCUT2D eigenvalue weighted by Gasteiger charge is -2.27. The van der Waals surface area contributed by atoms with E-state index in [0.717, 1.165) is 42.7 Å². The van der Waals surface area contributed by atoms with E-state index < -0.39 is 15.9 Å². The highest BCUT2D eigenvalue weighted by Crippen LogP contribution is 2.34. The fourth-order valence-corrected chi connectivity index (χ4v) is 3.86. The lowest BCUT2D eigenvalue weighted by atomic mass is 10.1. The van der Waals surface area contributed by atoms with Gasteiger partial charge in [0.25, 0.3) is 0 Å². The van der Waals surface area contributed by atoms with Crippen LogP contribution < -0.4 is 8.92 Å². The van der Waals surface area contributed by atoms with Gasteiger partial charge in [0.1, 0.15) is 10.7 Å². The largest absolute Gasteiger partial charge is 0.493 e. The number of carbonyl (C=O) groups excluding carboxylic acids is 1. The SMILES string of the molecule is COc1ccc(CN(C(=O)C2CC2)C(C)C)cc1OS(=O)(=O)c1ccc(F)cc1.